The highest BCUT2D eigenvalue weighted by molar-refractivity contribution is 7.89. The van der Waals surface area contributed by atoms with Crippen LogP contribution in [0.25, 0.3) is 0 Å². The van der Waals surface area contributed by atoms with Gasteiger partial charge in [-0.25, -0.2) is 18.1 Å². The summed E-state index contributed by atoms with van der Waals surface area (Å²) in [6.07, 6.45) is 1.37. The molecule has 0 saturated heterocycles. The maximum Gasteiger partial charge on any atom is 0.242 e. The van der Waals surface area contributed by atoms with Crippen LogP contribution in [-0.2, 0) is 16.6 Å². The van der Waals surface area contributed by atoms with E-state index < -0.39 is 10.0 Å². The zero-order chi connectivity index (χ0) is 16.3. The van der Waals surface area contributed by atoms with Crippen molar-refractivity contribution in [3.63, 3.8) is 0 Å². The third kappa shape index (κ3) is 4.42. The van der Waals surface area contributed by atoms with Gasteiger partial charge in [-0.05, 0) is 38.1 Å². The van der Waals surface area contributed by atoms with Crippen LogP contribution in [0.3, 0.4) is 0 Å². The quantitative estimate of drug-likeness (QED) is 0.860. The van der Waals surface area contributed by atoms with Gasteiger partial charge >= 0.3 is 0 Å². The standard InChI is InChI=1S/C14H18ClN3O2S2/c1-10(2)17-22(19,20)12-5-7-14(16-8-12)18(3)9-11-4-6-13(15)21-11/h4-8,10,17H,9H2,1-3H3. The minimum absolute atomic E-state index is 0.157. The van der Waals surface area contributed by atoms with Crippen molar-refractivity contribution in [2.24, 2.45) is 0 Å². The molecule has 0 spiro atoms. The first-order chi connectivity index (χ1) is 10.3. The molecule has 0 aromatic carbocycles. The summed E-state index contributed by atoms with van der Waals surface area (Å²) in [7, 11) is -1.60. The van der Waals surface area contributed by atoms with Crippen molar-refractivity contribution in [1.29, 1.82) is 0 Å². The van der Waals surface area contributed by atoms with Gasteiger partial charge in [-0.3, -0.25) is 0 Å². The van der Waals surface area contributed by atoms with E-state index in [1.54, 1.807) is 26.0 Å². The molecule has 0 aliphatic carbocycles. The van der Waals surface area contributed by atoms with Gasteiger partial charge < -0.3 is 4.90 Å². The molecule has 0 amide bonds. The normalized spacial score (nSPS) is 11.9. The van der Waals surface area contributed by atoms with E-state index in [1.165, 1.54) is 17.5 Å². The maximum absolute atomic E-state index is 12.0. The second-order valence-corrected chi connectivity index (χ2v) is 8.70. The predicted molar refractivity (Wildman–Crippen MR) is 91.1 cm³/mol. The fraction of sp³-hybridized carbons (Fsp3) is 0.357. The number of hydrogen-bond donors (Lipinski definition) is 1. The number of hydrogen-bond acceptors (Lipinski definition) is 5. The molecule has 1 N–H and O–H groups in total. The first-order valence-electron chi connectivity index (χ1n) is 6.71. The van der Waals surface area contributed by atoms with Crippen molar-refractivity contribution in [3.05, 3.63) is 39.7 Å². The Morgan fingerprint density at radius 2 is 2.05 bits per heavy atom. The molecule has 2 heterocycles. The van der Waals surface area contributed by atoms with Gasteiger partial charge in [0.1, 0.15) is 10.7 Å². The topological polar surface area (TPSA) is 62.3 Å². The molecule has 5 nitrogen and oxygen atoms in total. The Balaban J connectivity index is 2.11. The van der Waals surface area contributed by atoms with Gasteiger partial charge in [-0.15, -0.1) is 11.3 Å². The molecule has 22 heavy (non-hydrogen) atoms. The van der Waals surface area contributed by atoms with E-state index in [9.17, 15) is 8.42 Å². The Bertz CT molecular complexity index is 727. The third-order valence-corrected chi connectivity index (χ3v) is 5.69. The van der Waals surface area contributed by atoms with Gasteiger partial charge in [0, 0.05) is 24.2 Å². The van der Waals surface area contributed by atoms with E-state index in [4.69, 9.17) is 11.6 Å². The van der Waals surface area contributed by atoms with Crippen LogP contribution in [0, 0.1) is 0 Å². The molecule has 2 aromatic rings. The number of aromatic nitrogens is 1. The lowest BCUT2D eigenvalue weighted by molar-refractivity contribution is 0.569. The molecule has 0 saturated carbocycles. The van der Waals surface area contributed by atoms with E-state index in [0.29, 0.717) is 12.4 Å². The summed E-state index contributed by atoms with van der Waals surface area (Å²) in [4.78, 5) is 7.45. The van der Waals surface area contributed by atoms with Crippen LogP contribution in [0.5, 0.6) is 0 Å². The monoisotopic (exact) mass is 359 g/mol. The van der Waals surface area contributed by atoms with E-state index in [1.807, 2.05) is 24.1 Å². The number of anilines is 1. The van der Waals surface area contributed by atoms with Crippen molar-refractivity contribution < 1.29 is 8.42 Å². The van der Waals surface area contributed by atoms with Gasteiger partial charge in [0.2, 0.25) is 10.0 Å². The molecule has 0 aliphatic rings. The Morgan fingerprint density at radius 1 is 1.32 bits per heavy atom. The summed E-state index contributed by atoms with van der Waals surface area (Å²) in [5.74, 6) is 0.702. The van der Waals surface area contributed by atoms with E-state index in [0.717, 1.165) is 9.21 Å². The molecular weight excluding hydrogens is 342 g/mol. The van der Waals surface area contributed by atoms with Crippen LogP contribution < -0.4 is 9.62 Å². The lowest BCUT2D eigenvalue weighted by Gasteiger charge is -2.17. The first-order valence-corrected chi connectivity index (χ1v) is 9.39. The average Bonchev–Trinajstić information content (AvgIpc) is 2.83. The van der Waals surface area contributed by atoms with E-state index >= 15 is 0 Å². The van der Waals surface area contributed by atoms with Crippen LogP contribution in [-0.4, -0.2) is 26.5 Å². The molecule has 2 rings (SSSR count). The maximum atomic E-state index is 12.0. The molecule has 8 heteroatoms. The Labute approximate surface area is 140 Å². The lowest BCUT2D eigenvalue weighted by atomic mass is 10.4. The first kappa shape index (κ1) is 17.2. The lowest BCUT2D eigenvalue weighted by Crippen LogP contribution is -2.30. The van der Waals surface area contributed by atoms with Gasteiger partial charge in [-0.1, -0.05) is 11.6 Å². The Hall–Kier alpha value is -1.15. The van der Waals surface area contributed by atoms with Crippen LogP contribution in [0.4, 0.5) is 5.82 Å². The summed E-state index contributed by atoms with van der Waals surface area (Å²) >= 11 is 7.43. The summed E-state index contributed by atoms with van der Waals surface area (Å²) in [5.41, 5.74) is 0. The van der Waals surface area contributed by atoms with Crippen molar-refractivity contribution >= 4 is 38.8 Å². The summed E-state index contributed by atoms with van der Waals surface area (Å²) in [5, 5.41) is 0. The van der Waals surface area contributed by atoms with Crippen LogP contribution in [0.2, 0.25) is 4.34 Å². The van der Waals surface area contributed by atoms with Crippen LogP contribution >= 0.6 is 22.9 Å². The second kappa shape index (κ2) is 6.95. The van der Waals surface area contributed by atoms with Crippen molar-refractivity contribution in [2.75, 3.05) is 11.9 Å². The van der Waals surface area contributed by atoms with Crippen molar-refractivity contribution in [1.82, 2.24) is 9.71 Å². The third-order valence-electron chi connectivity index (χ3n) is 2.83. The number of sulfonamides is 1. The number of pyridine rings is 1. The highest BCUT2D eigenvalue weighted by atomic mass is 35.5. The molecule has 0 unspecified atom stereocenters. The number of nitrogens with zero attached hydrogens (tertiary/aromatic N) is 2. The molecule has 2 aromatic heterocycles. The highest BCUT2D eigenvalue weighted by Crippen LogP contribution is 2.24. The Kier molecular flexibility index (Phi) is 5.44. The molecule has 120 valence electrons. The van der Waals surface area contributed by atoms with E-state index in [-0.39, 0.29) is 10.9 Å². The van der Waals surface area contributed by atoms with Gasteiger partial charge in [0.15, 0.2) is 0 Å². The van der Waals surface area contributed by atoms with Gasteiger partial charge in [0.05, 0.1) is 10.9 Å². The summed E-state index contributed by atoms with van der Waals surface area (Å²) < 4.78 is 27.4. The molecule has 0 aliphatic heterocycles. The second-order valence-electron chi connectivity index (χ2n) is 5.19. The molecule has 0 radical (unpaired) electrons. The number of nitrogens with one attached hydrogen (secondary N) is 1. The number of rotatable bonds is 6. The minimum Gasteiger partial charge on any atom is -0.355 e. The highest BCUT2D eigenvalue weighted by Gasteiger charge is 2.16. The molecule has 0 fully saturated rings. The minimum atomic E-state index is -3.50. The zero-order valence-electron chi connectivity index (χ0n) is 12.6. The van der Waals surface area contributed by atoms with Crippen LogP contribution in [0.1, 0.15) is 18.7 Å². The fourth-order valence-corrected chi connectivity index (χ4v) is 4.22. The SMILES string of the molecule is CC(C)NS(=O)(=O)c1ccc(N(C)Cc2ccc(Cl)s2)nc1. The van der Waals surface area contributed by atoms with Gasteiger partial charge in [0.25, 0.3) is 0 Å². The van der Waals surface area contributed by atoms with Crippen molar-refractivity contribution in [3.8, 4) is 0 Å². The Morgan fingerprint density at radius 3 is 2.55 bits per heavy atom. The summed E-state index contributed by atoms with van der Waals surface area (Å²) in [6.45, 7) is 4.22. The zero-order valence-corrected chi connectivity index (χ0v) is 15.0. The fourth-order valence-electron chi connectivity index (χ4n) is 1.89. The molecule has 0 atom stereocenters. The molecular formula is C14H18ClN3O2S2. The van der Waals surface area contributed by atoms with Gasteiger partial charge in [-0.2, -0.15) is 0 Å². The molecule has 0 bridgehead atoms. The van der Waals surface area contributed by atoms with E-state index in [2.05, 4.69) is 9.71 Å². The smallest absolute Gasteiger partial charge is 0.242 e. The number of thiophene rings is 1. The predicted octanol–water partition coefficient (Wildman–Crippen LogP) is 3.12. The van der Waals surface area contributed by atoms with Crippen molar-refractivity contribution in [2.45, 2.75) is 31.3 Å². The average molecular weight is 360 g/mol. The van der Waals surface area contributed by atoms with Crippen LogP contribution in [0.15, 0.2) is 35.4 Å². The number of halogens is 1. The largest absolute Gasteiger partial charge is 0.355 e. The summed E-state index contributed by atoms with van der Waals surface area (Å²) in [6, 6.07) is 6.93.